The van der Waals surface area contributed by atoms with E-state index in [9.17, 15) is 9.90 Å². The van der Waals surface area contributed by atoms with Gasteiger partial charge in [-0.3, -0.25) is 9.36 Å². The van der Waals surface area contributed by atoms with Gasteiger partial charge in [0.2, 0.25) is 0 Å². The maximum Gasteiger partial charge on any atom is 0.261 e. The molecule has 5 heteroatoms. The van der Waals surface area contributed by atoms with Crippen molar-refractivity contribution in [2.24, 2.45) is 0 Å². The van der Waals surface area contributed by atoms with Crippen LogP contribution in [0.4, 0.5) is 0 Å². The molecular formula is C23H20N2O2S. The maximum absolute atomic E-state index is 13.5. The van der Waals surface area contributed by atoms with Crippen LogP contribution in [-0.2, 0) is 13.0 Å². The van der Waals surface area contributed by atoms with Crippen LogP contribution in [0.2, 0.25) is 0 Å². The van der Waals surface area contributed by atoms with E-state index in [0.717, 1.165) is 11.1 Å². The first-order valence-electron chi connectivity index (χ1n) is 9.11. The highest BCUT2D eigenvalue weighted by Crippen LogP contribution is 2.29. The zero-order chi connectivity index (χ0) is 19.5. The largest absolute Gasteiger partial charge is 0.507 e. The number of para-hydroxylation sites is 1. The van der Waals surface area contributed by atoms with Crippen LogP contribution in [0.1, 0.15) is 11.3 Å². The van der Waals surface area contributed by atoms with Crippen LogP contribution >= 0.6 is 11.3 Å². The predicted octanol–water partition coefficient (Wildman–Crippen LogP) is 4.90. The van der Waals surface area contributed by atoms with Gasteiger partial charge in [-0.15, -0.1) is 0 Å². The van der Waals surface area contributed by atoms with Gasteiger partial charge in [0.05, 0.1) is 16.8 Å². The van der Waals surface area contributed by atoms with Gasteiger partial charge >= 0.3 is 0 Å². The fraction of sp³-hybridized carbons (Fsp3) is 0.130. The first-order chi connectivity index (χ1) is 13.6. The first-order valence-corrected chi connectivity index (χ1v) is 10.1. The van der Waals surface area contributed by atoms with Gasteiger partial charge < -0.3 is 5.11 Å². The summed E-state index contributed by atoms with van der Waals surface area (Å²) >= 11 is 1.56. The third-order valence-corrected chi connectivity index (χ3v) is 5.46. The van der Waals surface area contributed by atoms with E-state index in [-0.39, 0.29) is 11.3 Å². The molecule has 4 aromatic rings. The van der Waals surface area contributed by atoms with Crippen LogP contribution in [0.5, 0.6) is 5.75 Å². The van der Waals surface area contributed by atoms with E-state index in [2.05, 4.69) is 0 Å². The molecule has 0 unspecified atom stereocenters. The minimum atomic E-state index is -0.0833. The Balaban J connectivity index is 1.88. The number of nitrogens with zero attached hydrogens (tertiary/aromatic N) is 2. The Kier molecular flexibility index (Phi) is 5.08. The summed E-state index contributed by atoms with van der Waals surface area (Å²) in [7, 11) is 0. The van der Waals surface area contributed by atoms with E-state index in [1.165, 1.54) is 0 Å². The molecule has 2 heterocycles. The van der Waals surface area contributed by atoms with Crippen molar-refractivity contribution in [2.75, 3.05) is 0 Å². The topological polar surface area (TPSA) is 55.1 Å². The van der Waals surface area contributed by atoms with Gasteiger partial charge in [-0.25, -0.2) is 4.98 Å². The molecule has 0 bridgehead atoms. The average Bonchev–Trinajstić information content (AvgIpc) is 3.22. The van der Waals surface area contributed by atoms with E-state index in [1.54, 1.807) is 34.1 Å². The smallest absolute Gasteiger partial charge is 0.261 e. The molecule has 0 saturated carbocycles. The lowest BCUT2D eigenvalue weighted by Gasteiger charge is -2.16. The minimum absolute atomic E-state index is 0.0833. The molecule has 0 amide bonds. The molecule has 0 aliphatic carbocycles. The number of thiophene rings is 1. The van der Waals surface area contributed by atoms with Crippen LogP contribution in [0.15, 0.2) is 76.2 Å². The Morgan fingerprint density at radius 2 is 1.79 bits per heavy atom. The van der Waals surface area contributed by atoms with Crippen LogP contribution in [0, 0.1) is 6.92 Å². The number of aromatic hydroxyl groups is 1. The fourth-order valence-corrected chi connectivity index (χ4v) is 4.01. The van der Waals surface area contributed by atoms with Crippen LogP contribution in [-0.4, -0.2) is 14.7 Å². The minimum Gasteiger partial charge on any atom is -0.507 e. The van der Waals surface area contributed by atoms with Crippen LogP contribution in [0.3, 0.4) is 0 Å². The number of aromatic nitrogens is 2. The summed E-state index contributed by atoms with van der Waals surface area (Å²) in [5, 5.41) is 14.3. The standard InChI is InChI=1S/C23H20N2O2S/c1-16-21(18-12-14-28-15-18)23(27)25(13-11-17-7-3-2-4-8-17)22(24-16)19-9-5-6-10-20(19)26/h2-10,12,14-15,26H,11,13H2,1H3. The zero-order valence-electron chi connectivity index (χ0n) is 15.5. The van der Waals surface area contributed by atoms with Crippen molar-refractivity contribution in [1.29, 1.82) is 0 Å². The van der Waals surface area contributed by atoms with Gasteiger partial charge in [0.1, 0.15) is 11.6 Å². The molecule has 4 nitrogen and oxygen atoms in total. The van der Waals surface area contributed by atoms with Crippen molar-refractivity contribution in [1.82, 2.24) is 9.55 Å². The van der Waals surface area contributed by atoms with Gasteiger partial charge in [-0.1, -0.05) is 42.5 Å². The molecule has 0 atom stereocenters. The summed E-state index contributed by atoms with van der Waals surface area (Å²) in [4.78, 5) is 18.2. The maximum atomic E-state index is 13.5. The van der Waals surface area contributed by atoms with Crippen LogP contribution < -0.4 is 5.56 Å². The van der Waals surface area contributed by atoms with Gasteiger partial charge in [-0.2, -0.15) is 11.3 Å². The highest BCUT2D eigenvalue weighted by Gasteiger charge is 2.19. The summed E-state index contributed by atoms with van der Waals surface area (Å²) in [6, 6.07) is 19.0. The highest BCUT2D eigenvalue weighted by molar-refractivity contribution is 7.08. The first kappa shape index (κ1) is 18.2. The number of hydrogen-bond acceptors (Lipinski definition) is 4. The zero-order valence-corrected chi connectivity index (χ0v) is 16.3. The second-order valence-corrected chi connectivity index (χ2v) is 7.40. The number of hydrogen-bond donors (Lipinski definition) is 1. The third kappa shape index (κ3) is 3.49. The molecule has 4 rings (SSSR count). The van der Waals surface area contributed by atoms with Crippen LogP contribution in [0.25, 0.3) is 22.5 Å². The summed E-state index contributed by atoms with van der Waals surface area (Å²) < 4.78 is 1.68. The lowest BCUT2D eigenvalue weighted by molar-refractivity contribution is 0.476. The third-order valence-electron chi connectivity index (χ3n) is 4.77. The number of phenolic OH excluding ortho intramolecular Hbond substituents is 1. The molecule has 1 N–H and O–H groups in total. The summed E-state index contributed by atoms with van der Waals surface area (Å²) in [5.41, 5.74) is 3.80. The van der Waals surface area contributed by atoms with E-state index in [1.807, 2.05) is 60.1 Å². The lowest BCUT2D eigenvalue weighted by atomic mass is 10.1. The van der Waals surface area contributed by atoms with E-state index in [4.69, 9.17) is 4.98 Å². The average molecular weight is 388 g/mol. The number of benzene rings is 2. The second kappa shape index (κ2) is 7.82. The normalized spacial score (nSPS) is 10.9. The SMILES string of the molecule is Cc1nc(-c2ccccc2O)n(CCc2ccccc2)c(=O)c1-c1ccsc1. The van der Waals surface area contributed by atoms with Crippen molar-refractivity contribution in [3.8, 4) is 28.3 Å². The van der Waals surface area contributed by atoms with Crippen molar-refractivity contribution in [2.45, 2.75) is 19.9 Å². The number of rotatable bonds is 5. The molecule has 0 aliphatic heterocycles. The Morgan fingerprint density at radius 3 is 2.50 bits per heavy atom. The number of phenols is 1. The van der Waals surface area contributed by atoms with Crippen molar-refractivity contribution < 1.29 is 5.11 Å². The quantitative estimate of drug-likeness (QED) is 0.529. The van der Waals surface area contributed by atoms with Crippen molar-refractivity contribution >= 4 is 11.3 Å². The molecular weight excluding hydrogens is 368 g/mol. The van der Waals surface area contributed by atoms with Gasteiger partial charge in [0.25, 0.3) is 5.56 Å². The Morgan fingerprint density at radius 1 is 1.04 bits per heavy atom. The molecule has 0 spiro atoms. The predicted molar refractivity (Wildman–Crippen MR) is 114 cm³/mol. The molecule has 0 fully saturated rings. The molecule has 2 aromatic heterocycles. The van der Waals surface area contributed by atoms with Crippen molar-refractivity contribution in [3.05, 3.63) is 93.0 Å². The van der Waals surface area contributed by atoms with E-state index < -0.39 is 0 Å². The Labute approximate surface area is 167 Å². The van der Waals surface area contributed by atoms with E-state index >= 15 is 0 Å². The van der Waals surface area contributed by atoms with Gasteiger partial charge in [0, 0.05) is 6.54 Å². The summed E-state index contributed by atoms with van der Waals surface area (Å²) in [6.07, 6.45) is 0.704. The molecule has 140 valence electrons. The van der Waals surface area contributed by atoms with E-state index in [0.29, 0.717) is 35.6 Å². The van der Waals surface area contributed by atoms with Gasteiger partial charge in [-0.05, 0) is 53.4 Å². The Hall–Kier alpha value is -3.18. The summed E-state index contributed by atoms with van der Waals surface area (Å²) in [5.74, 6) is 0.612. The fourth-order valence-electron chi connectivity index (χ4n) is 3.36. The Bertz CT molecular complexity index is 1150. The summed E-state index contributed by atoms with van der Waals surface area (Å²) in [6.45, 7) is 2.33. The van der Waals surface area contributed by atoms with Gasteiger partial charge in [0.15, 0.2) is 0 Å². The molecule has 0 saturated heterocycles. The highest BCUT2D eigenvalue weighted by atomic mass is 32.1. The molecule has 0 aliphatic rings. The molecule has 2 aromatic carbocycles. The number of aryl methyl sites for hydroxylation is 2. The molecule has 0 radical (unpaired) electrons. The monoisotopic (exact) mass is 388 g/mol. The molecule has 28 heavy (non-hydrogen) atoms. The second-order valence-electron chi connectivity index (χ2n) is 6.62. The van der Waals surface area contributed by atoms with Crippen molar-refractivity contribution in [3.63, 3.8) is 0 Å². The lowest BCUT2D eigenvalue weighted by Crippen LogP contribution is -2.27.